The molecule has 3 rings (SSSR count). The van der Waals surface area contributed by atoms with Crippen LogP contribution in [-0.2, 0) is 4.79 Å². The van der Waals surface area contributed by atoms with E-state index in [1.54, 1.807) is 32.0 Å². The van der Waals surface area contributed by atoms with Gasteiger partial charge in [-0.05, 0) is 30.7 Å². The second-order valence-electron chi connectivity index (χ2n) is 6.58. The second-order valence-corrected chi connectivity index (χ2v) is 6.58. The zero-order valence-electron chi connectivity index (χ0n) is 15.3. The maximum atomic E-state index is 12.7. The minimum Gasteiger partial charge on any atom is -0.478 e. The van der Waals surface area contributed by atoms with Crippen molar-refractivity contribution in [1.29, 1.82) is 0 Å². The zero-order valence-corrected chi connectivity index (χ0v) is 15.3. The second kappa shape index (κ2) is 7.53. The summed E-state index contributed by atoms with van der Waals surface area (Å²) in [6, 6.07) is 12.0. The summed E-state index contributed by atoms with van der Waals surface area (Å²) in [6.07, 6.45) is 0.260. The van der Waals surface area contributed by atoms with Crippen molar-refractivity contribution < 1.29 is 23.8 Å². The van der Waals surface area contributed by atoms with E-state index in [-0.39, 0.29) is 17.1 Å². The monoisotopic (exact) mass is 368 g/mol. The van der Waals surface area contributed by atoms with Crippen molar-refractivity contribution in [3.8, 4) is 17.2 Å². The van der Waals surface area contributed by atoms with Gasteiger partial charge >= 0.3 is 5.97 Å². The van der Waals surface area contributed by atoms with Crippen molar-refractivity contribution in [2.24, 2.45) is 5.92 Å². The van der Waals surface area contributed by atoms with E-state index in [0.717, 1.165) is 5.56 Å². The number of hydrogen-bond acceptors (Lipinski definition) is 5. The van der Waals surface area contributed by atoms with E-state index in [9.17, 15) is 14.7 Å². The average Bonchev–Trinajstić information content (AvgIpc) is 2.63. The minimum atomic E-state index is -1.05. The van der Waals surface area contributed by atoms with E-state index in [1.807, 2.05) is 25.1 Å². The highest BCUT2D eigenvalue weighted by Crippen LogP contribution is 2.26. The van der Waals surface area contributed by atoms with Crippen LogP contribution in [0.5, 0.6) is 17.2 Å². The molecule has 27 heavy (non-hydrogen) atoms. The molecule has 1 N–H and O–H groups in total. The fourth-order valence-corrected chi connectivity index (χ4v) is 2.64. The first-order chi connectivity index (χ1) is 12.9. The van der Waals surface area contributed by atoms with Crippen LogP contribution < -0.4 is 14.9 Å². The molecule has 0 aliphatic rings. The molecule has 0 spiro atoms. The first-order valence-electron chi connectivity index (χ1n) is 8.55. The minimum absolute atomic E-state index is 0.0797. The lowest BCUT2D eigenvalue weighted by atomic mass is 10.1. The number of benzene rings is 2. The summed E-state index contributed by atoms with van der Waals surface area (Å²) in [5, 5.41) is 9.57. The standard InChI is InChI=1S/C21H20O6/c1-12(2)20(21(23)24)26-14-8-9-15-17(10-14)25-11-18(19(15)22)27-16-7-5-4-6-13(16)3/h4-12,20H,1-3H3,(H,23,24). The molecule has 3 aromatic rings. The van der Waals surface area contributed by atoms with Gasteiger partial charge in [0, 0.05) is 12.0 Å². The predicted octanol–water partition coefficient (Wildman–Crippen LogP) is 4.38. The van der Waals surface area contributed by atoms with Crippen LogP contribution in [0.1, 0.15) is 19.4 Å². The van der Waals surface area contributed by atoms with Crippen molar-refractivity contribution >= 4 is 16.9 Å². The van der Waals surface area contributed by atoms with Crippen LogP contribution >= 0.6 is 0 Å². The lowest BCUT2D eigenvalue weighted by Gasteiger charge is -2.18. The first kappa shape index (κ1) is 18.5. The Morgan fingerprint density at radius 3 is 2.52 bits per heavy atom. The zero-order chi connectivity index (χ0) is 19.6. The molecule has 0 bridgehead atoms. The molecule has 0 radical (unpaired) electrons. The first-order valence-corrected chi connectivity index (χ1v) is 8.55. The van der Waals surface area contributed by atoms with E-state index in [0.29, 0.717) is 22.5 Å². The van der Waals surface area contributed by atoms with Gasteiger partial charge in [0.1, 0.15) is 23.3 Å². The molecule has 6 heteroatoms. The van der Waals surface area contributed by atoms with Crippen LogP contribution in [0, 0.1) is 12.8 Å². The third-order valence-corrected chi connectivity index (χ3v) is 4.14. The Labute approximate surface area is 156 Å². The van der Waals surface area contributed by atoms with E-state index in [4.69, 9.17) is 13.9 Å². The molecular formula is C21H20O6. The molecule has 2 aromatic carbocycles. The van der Waals surface area contributed by atoms with Gasteiger partial charge in [-0.2, -0.15) is 0 Å². The van der Waals surface area contributed by atoms with Crippen LogP contribution in [0.3, 0.4) is 0 Å². The lowest BCUT2D eigenvalue weighted by molar-refractivity contribution is -0.147. The van der Waals surface area contributed by atoms with Crippen LogP contribution in [0.15, 0.2) is 57.9 Å². The van der Waals surface area contributed by atoms with Crippen molar-refractivity contribution in [2.75, 3.05) is 0 Å². The number of hydrogen-bond donors (Lipinski definition) is 1. The van der Waals surface area contributed by atoms with Gasteiger partial charge in [-0.15, -0.1) is 0 Å². The fraction of sp³-hybridized carbons (Fsp3) is 0.238. The SMILES string of the molecule is Cc1ccccc1Oc1coc2cc(OC(C(=O)O)C(C)C)ccc2c1=O. The Kier molecular flexibility index (Phi) is 5.16. The largest absolute Gasteiger partial charge is 0.478 e. The van der Waals surface area contributed by atoms with Crippen molar-refractivity contribution in [1.82, 2.24) is 0 Å². The van der Waals surface area contributed by atoms with Gasteiger partial charge in [0.15, 0.2) is 6.10 Å². The topological polar surface area (TPSA) is 86.0 Å². The summed E-state index contributed by atoms with van der Waals surface area (Å²) in [6.45, 7) is 5.40. The molecule has 1 heterocycles. The van der Waals surface area contributed by atoms with E-state index in [1.165, 1.54) is 12.3 Å². The Morgan fingerprint density at radius 1 is 1.11 bits per heavy atom. The van der Waals surface area contributed by atoms with Gasteiger partial charge in [0.25, 0.3) is 0 Å². The molecule has 0 amide bonds. The number of fused-ring (bicyclic) bond motifs is 1. The summed E-state index contributed by atoms with van der Waals surface area (Å²) >= 11 is 0. The van der Waals surface area contributed by atoms with Crippen LogP contribution in [0.25, 0.3) is 11.0 Å². The number of carbonyl (C=O) groups is 1. The molecule has 140 valence electrons. The molecule has 1 aromatic heterocycles. The highest BCUT2D eigenvalue weighted by atomic mass is 16.5. The van der Waals surface area contributed by atoms with Crippen molar-refractivity contribution in [2.45, 2.75) is 26.9 Å². The number of para-hydroxylation sites is 1. The molecular weight excluding hydrogens is 348 g/mol. The molecule has 0 saturated carbocycles. The third-order valence-electron chi connectivity index (χ3n) is 4.14. The molecule has 0 aliphatic heterocycles. The van der Waals surface area contributed by atoms with Crippen molar-refractivity contribution in [3.63, 3.8) is 0 Å². The number of rotatable bonds is 6. The van der Waals surface area contributed by atoms with Crippen molar-refractivity contribution in [3.05, 3.63) is 64.5 Å². The molecule has 1 unspecified atom stereocenters. The highest BCUT2D eigenvalue weighted by molar-refractivity contribution is 5.79. The number of carboxylic acids is 1. The lowest BCUT2D eigenvalue weighted by Crippen LogP contribution is -2.32. The normalized spacial score (nSPS) is 12.1. The third kappa shape index (κ3) is 3.95. The van der Waals surface area contributed by atoms with E-state index < -0.39 is 12.1 Å². The van der Waals surface area contributed by atoms with Gasteiger partial charge in [0.05, 0.1) is 5.39 Å². The summed E-state index contributed by atoms with van der Waals surface area (Å²) in [5.74, 6) is -0.288. The summed E-state index contributed by atoms with van der Waals surface area (Å²) in [7, 11) is 0. The van der Waals surface area contributed by atoms with Gasteiger partial charge in [0.2, 0.25) is 11.2 Å². The smallest absolute Gasteiger partial charge is 0.345 e. The average molecular weight is 368 g/mol. The fourth-order valence-electron chi connectivity index (χ4n) is 2.64. The van der Waals surface area contributed by atoms with Gasteiger partial charge in [-0.25, -0.2) is 4.79 Å². The van der Waals surface area contributed by atoms with E-state index >= 15 is 0 Å². The predicted molar refractivity (Wildman–Crippen MR) is 101 cm³/mol. The van der Waals surface area contributed by atoms with Crippen LogP contribution in [-0.4, -0.2) is 17.2 Å². The van der Waals surface area contributed by atoms with Crippen LogP contribution in [0.4, 0.5) is 0 Å². The molecule has 6 nitrogen and oxygen atoms in total. The Bertz CT molecular complexity index is 1030. The number of aliphatic carboxylic acids is 1. The molecule has 1 atom stereocenters. The number of ether oxygens (including phenoxy) is 2. The van der Waals surface area contributed by atoms with Gasteiger partial charge in [-0.3, -0.25) is 4.79 Å². The molecule has 0 fully saturated rings. The summed E-state index contributed by atoms with van der Waals surface area (Å²) in [5.41, 5.74) is 0.876. The van der Waals surface area contributed by atoms with Gasteiger partial charge < -0.3 is 19.0 Å². The Balaban J connectivity index is 1.93. The van der Waals surface area contributed by atoms with Crippen LogP contribution in [0.2, 0.25) is 0 Å². The highest BCUT2D eigenvalue weighted by Gasteiger charge is 2.23. The Morgan fingerprint density at radius 2 is 1.85 bits per heavy atom. The summed E-state index contributed by atoms with van der Waals surface area (Å²) < 4.78 is 16.8. The quantitative estimate of drug-likeness (QED) is 0.695. The number of aryl methyl sites for hydroxylation is 1. The molecule has 0 saturated heterocycles. The maximum Gasteiger partial charge on any atom is 0.345 e. The number of carboxylic acid groups (broad SMARTS) is 1. The Hall–Kier alpha value is -3.28. The summed E-state index contributed by atoms with van der Waals surface area (Å²) in [4.78, 5) is 24.0. The molecule has 0 aliphatic carbocycles. The maximum absolute atomic E-state index is 12.7. The van der Waals surface area contributed by atoms with E-state index in [2.05, 4.69) is 0 Å². The van der Waals surface area contributed by atoms with Gasteiger partial charge in [-0.1, -0.05) is 32.0 Å².